The Kier molecular flexibility index (Phi) is 5.62. The normalized spacial score (nSPS) is 10.4. The van der Waals surface area contributed by atoms with Crippen molar-refractivity contribution < 1.29 is 14.4 Å². The highest BCUT2D eigenvalue weighted by molar-refractivity contribution is 9.11. The van der Waals surface area contributed by atoms with Crippen LogP contribution < -0.4 is 21.7 Å². The molecular weight excluding hydrogens is 438 g/mol. The molecule has 0 radical (unpaired) electrons. The maximum absolute atomic E-state index is 12.2. The third kappa shape index (κ3) is 4.38. The SMILES string of the molecule is O=C(CNC(=O)c1ccc(Br)s1)NNC(=O)c1n[nH]c(=O)c2ccccc12. The first-order chi connectivity index (χ1) is 13.0. The van der Waals surface area contributed by atoms with Gasteiger partial charge in [0.05, 0.1) is 20.6 Å². The molecular formula is C16H12BrN5O4S. The molecule has 11 heteroatoms. The number of hydrazine groups is 1. The molecule has 0 fully saturated rings. The van der Waals surface area contributed by atoms with E-state index in [1.807, 2.05) is 0 Å². The maximum Gasteiger partial charge on any atom is 0.290 e. The van der Waals surface area contributed by atoms with E-state index in [4.69, 9.17) is 0 Å². The number of thiophene rings is 1. The Labute approximate surface area is 164 Å². The van der Waals surface area contributed by atoms with Crippen LogP contribution in [0.4, 0.5) is 0 Å². The standard InChI is InChI=1S/C16H12BrN5O4S/c17-11-6-5-10(27-11)15(25)18-7-12(23)19-22-16(26)13-8-3-1-2-4-9(8)14(24)21-20-13/h1-6H,7H2,(H,18,25)(H,19,23)(H,21,24)(H,22,26). The minimum atomic E-state index is -0.704. The molecule has 27 heavy (non-hydrogen) atoms. The summed E-state index contributed by atoms with van der Waals surface area (Å²) in [5.74, 6) is -1.73. The summed E-state index contributed by atoms with van der Waals surface area (Å²) in [6, 6.07) is 9.81. The van der Waals surface area contributed by atoms with Gasteiger partial charge >= 0.3 is 0 Å². The minimum Gasteiger partial charge on any atom is -0.342 e. The van der Waals surface area contributed by atoms with E-state index in [0.717, 1.165) is 3.79 Å². The summed E-state index contributed by atoms with van der Waals surface area (Å²) in [7, 11) is 0. The predicted molar refractivity (Wildman–Crippen MR) is 102 cm³/mol. The van der Waals surface area contributed by atoms with Crippen LogP contribution in [0.5, 0.6) is 0 Å². The number of rotatable bonds is 4. The summed E-state index contributed by atoms with van der Waals surface area (Å²) < 4.78 is 0.796. The molecule has 3 aromatic rings. The Morgan fingerprint density at radius 3 is 2.48 bits per heavy atom. The Bertz CT molecular complexity index is 1090. The molecule has 0 saturated carbocycles. The Hall–Kier alpha value is -3.05. The number of aromatic amines is 1. The van der Waals surface area contributed by atoms with Gasteiger partial charge in [0.2, 0.25) is 0 Å². The van der Waals surface area contributed by atoms with Gasteiger partial charge in [-0.15, -0.1) is 11.3 Å². The first-order valence-electron chi connectivity index (χ1n) is 7.56. The molecule has 9 nitrogen and oxygen atoms in total. The number of amides is 3. The molecule has 0 aliphatic carbocycles. The number of hydrogen-bond donors (Lipinski definition) is 4. The second-order valence-corrected chi connectivity index (χ2v) is 7.70. The third-order valence-corrected chi connectivity index (χ3v) is 5.06. The van der Waals surface area contributed by atoms with Gasteiger partial charge in [-0.1, -0.05) is 18.2 Å². The van der Waals surface area contributed by atoms with Crippen molar-refractivity contribution in [2.24, 2.45) is 0 Å². The van der Waals surface area contributed by atoms with Crippen LogP contribution in [-0.2, 0) is 4.79 Å². The van der Waals surface area contributed by atoms with E-state index in [9.17, 15) is 19.2 Å². The van der Waals surface area contributed by atoms with Gasteiger partial charge in [0.1, 0.15) is 0 Å². The number of H-pyrrole nitrogens is 1. The zero-order chi connectivity index (χ0) is 19.4. The number of aromatic nitrogens is 2. The van der Waals surface area contributed by atoms with E-state index in [1.54, 1.807) is 36.4 Å². The second-order valence-electron chi connectivity index (χ2n) is 5.24. The molecule has 138 valence electrons. The third-order valence-electron chi connectivity index (χ3n) is 3.43. The van der Waals surface area contributed by atoms with E-state index in [1.165, 1.54) is 11.3 Å². The predicted octanol–water partition coefficient (Wildman–Crippen LogP) is 0.938. The zero-order valence-corrected chi connectivity index (χ0v) is 15.9. The van der Waals surface area contributed by atoms with Gasteiger partial charge in [0, 0.05) is 5.39 Å². The monoisotopic (exact) mass is 449 g/mol. The molecule has 2 aromatic heterocycles. The van der Waals surface area contributed by atoms with Crippen LogP contribution in [-0.4, -0.2) is 34.5 Å². The van der Waals surface area contributed by atoms with Gasteiger partial charge in [-0.05, 0) is 34.1 Å². The maximum atomic E-state index is 12.2. The smallest absolute Gasteiger partial charge is 0.290 e. The van der Waals surface area contributed by atoms with Crippen molar-refractivity contribution in [1.82, 2.24) is 26.4 Å². The number of halogens is 1. The van der Waals surface area contributed by atoms with Crippen LogP contribution in [0.3, 0.4) is 0 Å². The van der Waals surface area contributed by atoms with E-state index in [0.29, 0.717) is 15.6 Å². The topological polar surface area (TPSA) is 133 Å². The van der Waals surface area contributed by atoms with Gasteiger partial charge < -0.3 is 5.32 Å². The molecule has 0 aliphatic rings. The van der Waals surface area contributed by atoms with Crippen molar-refractivity contribution in [3.8, 4) is 0 Å². The quantitative estimate of drug-likeness (QED) is 0.439. The Morgan fingerprint density at radius 1 is 1.04 bits per heavy atom. The van der Waals surface area contributed by atoms with Gasteiger partial charge in [0.25, 0.3) is 23.3 Å². The van der Waals surface area contributed by atoms with Crippen LogP contribution >= 0.6 is 27.3 Å². The highest BCUT2D eigenvalue weighted by Crippen LogP contribution is 2.21. The number of hydrogen-bond acceptors (Lipinski definition) is 6. The minimum absolute atomic E-state index is 0.0435. The lowest BCUT2D eigenvalue weighted by Gasteiger charge is -2.08. The first-order valence-corrected chi connectivity index (χ1v) is 9.17. The molecule has 3 amide bonds. The summed E-state index contributed by atoms with van der Waals surface area (Å²) in [5, 5.41) is 9.05. The lowest BCUT2D eigenvalue weighted by atomic mass is 10.1. The molecule has 0 aliphatic heterocycles. The summed E-state index contributed by atoms with van der Waals surface area (Å²) in [4.78, 5) is 48.1. The highest BCUT2D eigenvalue weighted by Gasteiger charge is 2.15. The molecule has 0 atom stereocenters. The first kappa shape index (κ1) is 18.7. The van der Waals surface area contributed by atoms with Crippen molar-refractivity contribution in [3.05, 3.63) is 61.1 Å². The molecule has 2 heterocycles. The van der Waals surface area contributed by atoms with Crippen LogP contribution in [0.15, 0.2) is 45.0 Å². The summed E-state index contributed by atoms with van der Waals surface area (Å²) >= 11 is 4.48. The number of fused-ring (bicyclic) bond motifs is 1. The molecule has 0 bridgehead atoms. The number of carbonyl (C=O) groups is 3. The van der Waals surface area contributed by atoms with Gasteiger partial charge in [0.15, 0.2) is 5.69 Å². The van der Waals surface area contributed by atoms with Crippen LogP contribution in [0.25, 0.3) is 10.8 Å². The average molecular weight is 450 g/mol. The van der Waals surface area contributed by atoms with E-state index in [-0.39, 0.29) is 12.2 Å². The summed E-state index contributed by atoms with van der Waals surface area (Å²) in [6.07, 6.45) is 0. The second kappa shape index (κ2) is 8.10. The molecule has 3 rings (SSSR count). The Balaban J connectivity index is 1.58. The van der Waals surface area contributed by atoms with Crippen molar-refractivity contribution in [2.75, 3.05) is 6.54 Å². The molecule has 0 saturated heterocycles. The fourth-order valence-corrected chi connectivity index (χ4v) is 3.50. The van der Waals surface area contributed by atoms with Crippen molar-refractivity contribution in [3.63, 3.8) is 0 Å². The van der Waals surface area contributed by atoms with E-state index in [2.05, 4.69) is 42.3 Å². The van der Waals surface area contributed by atoms with Crippen LogP contribution in [0.2, 0.25) is 0 Å². The van der Waals surface area contributed by atoms with Crippen molar-refractivity contribution in [1.29, 1.82) is 0 Å². The zero-order valence-electron chi connectivity index (χ0n) is 13.5. The van der Waals surface area contributed by atoms with Crippen molar-refractivity contribution in [2.45, 2.75) is 0 Å². The number of nitrogens with one attached hydrogen (secondary N) is 4. The molecule has 1 aromatic carbocycles. The van der Waals surface area contributed by atoms with Gasteiger partial charge in [-0.3, -0.25) is 30.0 Å². The lowest BCUT2D eigenvalue weighted by molar-refractivity contribution is -0.120. The van der Waals surface area contributed by atoms with Gasteiger partial charge in [-0.2, -0.15) is 5.10 Å². The summed E-state index contributed by atoms with van der Waals surface area (Å²) in [5.41, 5.74) is 3.91. The number of nitrogens with zero attached hydrogens (tertiary/aromatic N) is 1. The number of carbonyl (C=O) groups excluding carboxylic acids is 3. The Morgan fingerprint density at radius 2 is 1.78 bits per heavy atom. The van der Waals surface area contributed by atoms with Crippen LogP contribution in [0, 0.1) is 0 Å². The van der Waals surface area contributed by atoms with Gasteiger partial charge in [-0.25, -0.2) is 5.10 Å². The fraction of sp³-hybridized carbons (Fsp3) is 0.0625. The average Bonchev–Trinajstić information content (AvgIpc) is 3.11. The molecule has 0 spiro atoms. The number of benzene rings is 1. The summed E-state index contributed by atoms with van der Waals surface area (Å²) in [6.45, 7) is -0.325. The van der Waals surface area contributed by atoms with Crippen molar-refractivity contribution >= 4 is 55.8 Å². The largest absolute Gasteiger partial charge is 0.342 e. The molecule has 0 unspecified atom stereocenters. The van der Waals surface area contributed by atoms with Crippen LogP contribution in [0.1, 0.15) is 20.2 Å². The van der Waals surface area contributed by atoms with E-state index >= 15 is 0 Å². The highest BCUT2D eigenvalue weighted by atomic mass is 79.9. The fourth-order valence-electron chi connectivity index (χ4n) is 2.20. The van der Waals surface area contributed by atoms with E-state index < -0.39 is 23.3 Å². The molecule has 4 N–H and O–H groups in total. The lowest BCUT2D eigenvalue weighted by Crippen LogP contribution is -2.46.